The zero-order valence-electron chi connectivity index (χ0n) is 9.77. The number of nitriles is 1. The maximum Gasteiger partial charge on any atom is 0.180 e. The van der Waals surface area contributed by atoms with Gasteiger partial charge in [-0.05, 0) is 24.5 Å². The Morgan fingerprint density at radius 1 is 1.47 bits per heavy atom. The highest BCUT2D eigenvalue weighted by Crippen LogP contribution is 2.22. The fourth-order valence-corrected chi connectivity index (χ4v) is 3.94. The molecule has 1 unspecified atom stereocenters. The Balaban J connectivity index is 3.29. The van der Waals surface area contributed by atoms with E-state index in [0.29, 0.717) is 5.56 Å². The molecule has 0 aliphatic carbocycles. The second kappa shape index (κ2) is 5.52. The number of benzene rings is 1. The van der Waals surface area contributed by atoms with Crippen molar-refractivity contribution in [2.75, 3.05) is 11.6 Å². The molecule has 0 saturated heterocycles. The third-order valence-corrected chi connectivity index (χ3v) is 5.11. The molecule has 0 N–H and O–H groups in total. The standard InChI is InChI=1S/C12H14ClNO2S/c1-9(6-13)8-17(15,16)12-10(2)4-3-5-11(12)7-14/h3-5,9H,6,8H2,1-2H3. The largest absolute Gasteiger partial charge is 0.224 e. The molecule has 0 aromatic heterocycles. The van der Waals surface area contributed by atoms with Crippen LogP contribution < -0.4 is 0 Å². The zero-order valence-corrected chi connectivity index (χ0v) is 11.3. The molecule has 5 heteroatoms. The van der Waals surface area contributed by atoms with Crippen LogP contribution >= 0.6 is 11.6 Å². The second-order valence-corrected chi connectivity index (χ2v) is 6.38. The summed E-state index contributed by atoms with van der Waals surface area (Å²) in [6.45, 7) is 3.47. The molecule has 0 saturated carbocycles. The normalized spacial score (nSPS) is 13.1. The van der Waals surface area contributed by atoms with Gasteiger partial charge in [0, 0.05) is 5.88 Å². The summed E-state index contributed by atoms with van der Waals surface area (Å²) in [6.07, 6.45) is 0. The fraction of sp³-hybridized carbons (Fsp3) is 0.417. The highest BCUT2D eigenvalue weighted by Gasteiger charge is 2.23. The quantitative estimate of drug-likeness (QED) is 0.791. The molecule has 1 rings (SSSR count). The van der Waals surface area contributed by atoms with Gasteiger partial charge in [-0.2, -0.15) is 5.26 Å². The Hall–Kier alpha value is -1.05. The first-order valence-electron chi connectivity index (χ1n) is 5.20. The van der Waals surface area contributed by atoms with E-state index in [-0.39, 0.29) is 28.0 Å². The van der Waals surface area contributed by atoms with E-state index in [9.17, 15) is 8.42 Å². The van der Waals surface area contributed by atoms with Crippen LogP contribution in [0, 0.1) is 24.2 Å². The predicted molar refractivity (Wildman–Crippen MR) is 67.8 cm³/mol. The molecule has 0 amide bonds. The first-order valence-corrected chi connectivity index (χ1v) is 7.39. The average molecular weight is 272 g/mol. The monoisotopic (exact) mass is 271 g/mol. The van der Waals surface area contributed by atoms with E-state index in [1.165, 1.54) is 6.07 Å². The number of hydrogen-bond acceptors (Lipinski definition) is 3. The van der Waals surface area contributed by atoms with Crippen LogP contribution in [0.3, 0.4) is 0 Å². The number of aryl methyl sites for hydroxylation is 1. The molecule has 1 aromatic carbocycles. The van der Waals surface area contributed by atoms with Crippen LogP contribution in [0.2, 0.25) is 0 Å². The number of alkyl halides is 1. The summed E-state index contributed by atoms with van der Waals surface area (Å²) in [7, 11) is -3.45. The Labute approximate surface area is 107 Å². The minimum absolute atomic E-state index is 0.0317. The molecule has 0 fully saturated rings. The van der Waals surface area contributed by atoms with Crippen LogP contribution in [0.4, 0.5) is 0 Å². The maximum atomic E-state index is 12.2. The highest BCUT2D eigenvalue weighted by atomic mass is 35.5. The van der Waals surface area contributed by atoms with E-state index in [0.717, 1.165) is 0 Å². The fourth-order valence-electron chi connectivity index (χ4n) is 1.66. The van der Waals surface area contributed by atoms with Crippen molar-refractivity contribution < 1.29 is 8.42 Å². The molecule has 0 spiro atoms. The lowest BCUT2D eigenvalue weighted by Gasteiger charge is -2.12. The Morgan fingerprint density at radius 3 is 2.65 bits per heavy atom. The van der Waals surface area contributed by atoms with E-state index in [1.54, 1.807) is 26.0 Å². The van der Waals surface area contributed by atoms with Crippen LogP contribution in [-0.4, -0.2) is 20.1 Å². The van der Waals surface area contributed by atoms with Crippen molar-refractivity contribution in [1.29, 1.82) is 5.26 Å². The van der Waals surface area contributed by atoms with Crippen LogP contribution in [0.5, 0.6) is 0 Å². The van der Waals surface area contributed by atoms with Crippen LogP contribution in [-0.2, 0) is 9.84 Å². The van der Waals surface area contributed by atoms with Gasteiger partial charge in [0.05, 0.1) is 16.2 Å². The summed E-state index contributed by atoms with van der Waals surface area (Å²) in [4.78, 5) is 0.138. The predicted octanol–water partition coefficient (Wildman–Crippen LogP) is 2.52. The van der Waals surface area contributed by atoms with Gasteiger partial charge < -0.3 is 0 Å². The number of hydrogen-bond donors (Lipinski definition) is 0. The van der Waals surface area contributed by atoms with Crippen molar-refractivity contribution in [2.45, 2.75) is 18.7 Å². The molecule has 3 nitrogen and oxygen atoms in total. The molecule has 17 heavy (non-hydrogen) atoms. The lowest BCUT2D eigenvalue weighted by Crippen LogP contribution is -2.17. The molecule has 1 atom stereocenters. The summed E-state index contributed by atoms with van der Waals surface area (Å²) < 4.78 is 24.4. The third kappa shape index (κ3) is 3.21. The molecule has 92 valence electrons. The maximum absolute atomic E-state index is 12.2. The van der Waals surface area contributed by atoms with Gasteiger partial charge in [0.15, 0.2) is 9.84 Å². The molecule has 0 bridgehead atoms. The van der Waals surface area contributed by atoms with Crippen molar-refractivity contribution in [2.24, 2.45) is 5.92 Å². The SMILES string of the molecule is Cc1cccc(C#N)c1S(=O)(=O)CC(C)CCl. The van der Waals surface area contributed by atoms with Crippen LogP contribution in [0.15, 0.2) is 23.1 Å². The van der Waals surface area contributed by atoms with Crippen molar-refractivity contribution in [3.05, 3.63) is 29.3 Å². The number of nitrogens with zero attached hydrogens (tertiary/aromatic N) is 1. The van der Waals surface area contributed by atoms with Gasteiger partial charge in [0.1, 0.15) is 6.07 Å². The average Bonchev–Trinajstić information content (AvgIpc) is 2.27. The molecule has 0 heterocycles. The van der Waals surface area contributed by atoms with Gasteiger partial charge in [-0.25, -0.2) is 8.42 Å². The molecule has 0 radical (unpaired) electrons. The van der Waals surface area contributed by atoms with Crippen molar-refractivity contribution in [1.82, 2.24) is 0 Å². The van der Waals surface area contributed by atoms with E-state index in [1.807, 2.05) is 6.07 Å². The molecular weight excluding hydrogens is 258 g/mol. The van der Waals surface area contributed by atoms with Crippen molar-refractivity contribution in [3.63, 3.8) is 0 Å². The number of halogens is 1. The minimum Gasteiger partial charge on any atom is -0.224 e. The summed E-state index contributed by atoms with van der Waals surface area (Å²) in [5.74, 6) is 0.121. The van der Waals surface area contributed by atoms with Crippen molar-refractivity contribution in [3.8, 4) is 6.07 Å². The Bertz CT molecular complexity index is 546. The molecule has 0 aliphatic rings. The van der Waals surface area contributed by atoms with E-state index in [2.05, 4.69) is 0 Å². The Kier molecular flexibility index (Phi) is 4.55. The van der Waals surface area contributed by atoms with E-state index in [4.69, 9.17) is 16.9 Å². The second-order valence-electron chi connectivity index (χ2n) is 4.10. The zero-order chi connectivity index (χ0) is 13.1. The topological polar surface area (TPSA) is 57.9 Å². The van der Waals surface area contributed by atoms with Crippen molar-refractivity contribution >= 4 is 21.4 Å². The van der Waals surface area contributed by atoms with E-state index < -0.39 is 9.84 Å². The summed E-state index contributed by atoms with van der Waals surface area (Å²) in [5, 5.41) is 8.96. The van der Waals surface area contributed by atoms with Gasteiger partial charge in [0.2, 0.25) is 0 Å². The highest BCUT2D eigenvalue weighted by molar-refractivity contribution is 7.91. The van der Waals surface area contributed by atoms with Gasteiger partial charge in [0.25, 0.3) is 0 Å². The molecule has 0 aliphatic heterocycles. The summed E-state index contributed by atoms with van der Waals surface area (Å²) >= 11 is 5.63. The molecule has 1 aromatic rings. The number of sulfone groups is 1. The summed E-state index contributed by atoms with van der Waals surface area (Å²) in [6, 6.07) is 6.81. The van der Waals surface area contributed by atoms with Crippen LogP contribution in [0.1, 0.15) is 18.1 Å². The first-order chi connectivity index (χ1) is 7.92. The lowest BCUT2D eigenvalue weighted by atomic mass is 10.1. The summed E-state index contributed by atoms with van der Waals surface area (Å²) in [5.41, 5.74) is 0.803. The smallest absolute Gasteiger partial charge is 0.180 e. The third-order valence-electron chi connectivity index (χ3n) is 2.41. The van der Waals surface area contributed by atoms with Gasteiger partial charge in [-0.3, -0.25) is 0 Å². The van der Waals surface area contributed by atoms with Gasteiger partial charge in [-0.1, -0.05) is 19.1 Å². The minimum atomic E-state index is -3.45. The first kappa shape index (κ1) is 14.0. The lowest BCUT2D eigenvalue weighted by molar-refractivity contribution is 0.582. The Morgan fingerprint density at radius 2 is 2.12 bits per heavy atom. The molecular formula is C12H14ClNO2S. The van der Waals surface area contributed by atoms with Gasteiger partial charge >= 0.3 is 0 Å². The van der Waals surface area contributed by atoms with Crippen LogP contribution in [0.25, 0.3) is 0 Å². The number of rotatable bonds is 4. The van der Waals surface area contributed by atoms with Gasteiger partial charge in [-0.15, -0.1) is 11.6 Å². The van der Waals surface area contributed by atoms with E-state index >= 15 is 0 Å².